The maximum Gasteiger partial charge on any atom is 0.433 e. The molecule has 1 aliphatic heterocycles. The van der Waals surface area contributed by atoms with E-state index in [4.69, 9.17) is 11.6 Å². The summed E-state index contributed by atoms with van der Waals surface area (Å²) in [5.74, 6) is -0.451. The van der Waals surface area contributed by atoms with Gasteiger partial charge < -0.3 is 15.5 Å². The molecular weight excluding hydrogens is 447 g/mol. The topological polar surface area (TPSA) is 77.6 Å². The number of halogens is 4. The van der Waals surface area contributed by atoms with Crippen molar-refractivity contribution in [1.29, 1.82) is 0 Å². The monoisotopic (exact) mass is 467 g/mol. The maximum atomic E-state index is 13.8. The van der Waals surface area contributed by atoms with E-state index in [2.05, 4.69) is 15.6 Å². The number of carbonyl (C=O) groups is 2. The highest BCUT2D eigenvalue weighted by atomic mass is 35.5. The van der Waals surface area contributed by atoms with Crippen molar-refractivity contribution in [3.63, 3.8) is 0 Å². The molecule has 0 radical (unpaired) electrons. The van der Waals surface area contributed by atoms with Crippen molar-refractivity contribution in [2.45, 2.75) is 25.8 Å². The van der Waals surface area contributed by atoms with Gasteiger partial charge in [0, 0.05) is 25.7 Å². The fourth-order valence-corrected chi connectivity index (χ4v) is 3.64. The van der Waals surface area contributed by atoms with Gasteiger partial charge in [0.15, 0.2) is 5.69 Å². The first-order valence-corrected chi connectivity index (χ1v) is 10.1. The lowest BCUT2D eigenvalue weighted by atomic mass is 10.1. The molecule has 3 rings (SSSR count). The standard InChI is InChI=1S/C21H21ClF3N5O2/c1-3-29(12-31)19-16(20(32)26-2)30(11-13-7-5-4-6-8-13)18(28-19)14-9-10-15(22)27-17(14)21(23,24)25/h4-10,12,18,28H,3,11H2,1-2H3,(H,26,32). The highest BCUT2D eigenvalue weighted by molar-refractivity contribution is 6.29. The second-order valence-corrected chi connectivity index (χ2v) is 7.28. The van der Waals surface area contributed by atoms with Gasteiger partial charge in [-0.05, 0) is 24.6 Å². The van der Waals surface area contributed by atoms with Gasteiger partial charge in [-0.1, -0.05) is 41.9 Å². The van der Waals surface area contributed by atoms with Crippen molar-refractivity contribution in [2.75, 3.05) is 13.6 Å². The Hall–Kier alpha value is -3.27. The van der Waals surface area contributed by atoms with Gasteiger partial charge in [-0.3, -0.25) is 14.5 Å². The number of amides is 2. The van der Waals surface area contributed by atoms with Crippen LogP contribution >= 0.6 is 11.6 Å². The molecule has 11 heteroatoms. The van der Waals surface area contributed by atoms with Crippen LogP contribution in [-0.2, 0) is 22.3 Å². The summed E-state index contributed by atoms with van der Waals surface area (Å²) in [6.45, 7) is 1.98. The predicted molar refractivity (Wildman–Crippen MR) is 112 cm³/mol. The Balaban J connectivity index is 2.20. The number of nitrogens with one attached hydrogen (secondary N) is 2. The highest BCUT2D eigenvalue weighted by Gasteiger charge is 2.44. The number of hydrogen-bond acceptors (Lipinski definition) is 5. The Labute approximate surface area is 187 Å². The lowest BCUT2D eigenvalue weighted by Gasteiger charge is -2.30. The molecule has 170 valence electrons. The molecule has 7 nitrogen and oxygen atoms in total. The normalized spacial score (nSPS) is 16.1. The zero-order valence-electron chi connectivity index (χ0n) is 17.3. The minimum Gasteiger partial charge on any atom is -0.354 e. The number of pyridine rings is 1. The minimum atomic E-state index is -4.79. The number of rotatable bonds is 7. The molecule has 2 aromatic rings. The molecule has 1 aromatic carbocycles. The summed E-state index contributed by atoms with van der Waals surface area (Å²) in [6, 6.07) is 11.4. The zero-order chi connectivity index (χ0) is 23.5. The van der Waals surface area contributed by atoms with Crippen LogP contribution in [0.2, 0.25) is 5.15 Å². The third-order valence-electron chi connectivity index (χ3n) is 4.95. The van der Waals surface area contributed by atoms with E-state index >= 15 is 0 Å². The average molecular weight is 468 g/mol. The summed E-state index contributed by atoms with van der Waals surface area (Å²) in [5.41, 5.74) is -0.603. The quantitative estimate of drug-likeness (QED) is 0.483. The molecule has 0 fully saturated rings. The second-order valence-electron chi connectivity index (χ2n) is 6.90. The van der Waals surface area contributed by atoms with Crippen LogP contribution in [0.15, 0.2) is 54.0 Å². The van der Waals surface area contributed by atoms with Crippen LogP contribution in [0.25, 0.3) is 0 Å². The number of carbonyl (C=O) groups excluding carboxylic acids is 2. The van der Waals surface area contributed by atoms with E-state index in [1.54, 1.807) is 37.3 Å². The number of nitrogens with zero attached hydrogens (tertiary/aromatic N) is 3. The van der Waals surface area contributed by atoms with Crippen molar-refractivity contribution in [1.82, 2.24) is 25.4 Å². The Kier molecular flexibility index (Phi) is 6.93. The Morgan fingerprint density at radius 2 is 1.97 bits per heavy atom. The molecule has 0 saturated carbocycles. The van der Waals surface area contributed by atoms with Crippen molar-refractivity contribution < 1.29 is 22.8 Å². The summed E-state index contributed by atoms with van der Waals surface area (Å²) in [4.78, 5) is 30.7. The lowest BCUT2D eigenvalue weighted by molar-refractivity contribution is -0.142. The third kappa shape index (κ3) is 4.64. The lowest BCUT2D eigenvalue weighted by Crippen LogP contribution is -2.35. The van der Waals surface area contributed by atoms with Crippen LogP contribution in [0, 0.1) is 0 Å². The van der Waals surface area contributed by atoms with Crippen LogP contribution in [-0.4, -0.2) is 40.7 Å². The summed E-state index contributed by atoms with van der Waals surface area (Å²) < 4.78 is 41.5. The van der Waals surface area contributed by atoms with E-state index in [9.17, 15) is 22.8 Å². The minimum absolute atomic E-state index is 0.0402. The van der Waals surface area contributed by atoms with E-state index in [1.165, 1.54) is 29.0 Å². The largest absolute Gasteiger partial charge is 0.433 e. The first kappa shape index (κ1) is 23.4. The van der Waals surface area contributed by atoms with Crippen molar-refractivity contribution in [2.24, 2.45) is 0 Å². The molecule has 0 aliphatic carbocycles. The number of hydrogen-bond donors (Lipinski definition) is 2. The Bertz CT molecular complexity index is 1030. The van der Waals surface area contributed by atoms with Gasteiger partial charge in [0.1, 0.15) is 22.8 Å². The van der Waals surface area contributed by atoms with Gasteiger partial charge in [-0.15, -0.1) is 0 Å². The SMILES string of the molecule is CCN(C=O)C1=C(C(=O)NC)N(Cc2ccccc2)C(c2ccc(Cl)nc2C(F)(F)F)N1. The van der Waals surface area contributed by atoms with Gasteiger partial charge in [0.05, 0.1) is 0 Å². The number of aromatic nitrogens is 1. The summed E-state index contributed by atoms with van der Waals surface area (Å²) in [7, 11) is 1.41. The zero-order valence-corrected chi connectivity index (χ0v) is 18.0. The first-order valence-electron chi connectivity index (χ1n) is 9.70. The van der Waals surface area contributed by atoms with Crippen LogP contribution in [0.1, 0.15) is 29.9 Å². The fraction of sp³-hybridized carbons (Fsp3) is 0.286. The number of likely N-dealkylation sites (N-methyl/N-ethyl adjacent to an activating group) is 1. The van der Waals surface area contributed by atoms with Gasteiger partial charge in [-0.2, -0.15) is 13.2 Å². The molecule has 32 heavy (non-hydrogen) atoms. The van der Waals surface area contributed by atoms with Crippen LogP contribution in [0.3, 0.4) is 0 Å². The van der Waals surface area contributed by atoms with Gasteiger partial charge in [0.2, 0.25) is 6.41 Å². The third-order valence-corrected chi connectivity index (χ3v) is 5.16. The molecule has 2 heterocycles. The van der Waals surface area contributed by atoms with Crippen LogP contribution in [0.4, 0.5) is 13.2 Å². The number of benzene rings is 1. The second kappa shape index (κ2) is 9.47. The van der Waals surface area contributed by atoms with Crippen molar-refractivity contribution >= 4 is 23.9 Å². The summed E-state index contributed by atoms with van der Waals surface area (Å²) >= 11 is 5.75. The van der Waals surface area contributed by atoms with E-state index < -0.39 is 23.9 Å². The van der Waals surface area contributed by atoms with Gasteiger partial charge >= 0.3 is 6.18 Å². The fourth-order valence-electron chi connectivity index (χ4n) is 3.49. The van der Waals surface area contributed by atoms with Gasteiger partial charge in [-0.25, -0.2) is 4.98 Å². The molecule has 0 bridgehead atoms. The van der Waals surface area contributed by atoms with E-state index in [1.807, 2.05) is 0 Å². The van der Waals surface area contributed by atoms with Crippen molar-refractivity contribution in [3.8, 4) is 0 Å². The Morgan fingerprint density at radius 1 is 1.28 bits per heavy atom. The van der Waals surface area contributed by atoms with E-state index in [-0.39, 0.29) is 35.3 Å². The van der Waals surface area contributed by atoms with Crippen molar-refractivity contribution in [3.05, 3.63) is 76.0 Å². The first-order chi connectivity index (χ1) is 15.2. The molecule has 2 N–H and O–H groups in total. The van der Waals surface area contributed by atoms with E-state index in [0.717, 1.165) is 5.56 Å². The predicted octanol–water partition coefficient (Wildman–Crippen LogP) is 3.25. The molecule has 1 aromatic heterocycles. The molecule has 1 unspecified atom stereocenters. The van der Waals surface area contributed by atoms with Crippen LogP contribution < -0.4 is 10.6 Å². The molecule has 1 atom stereocenters. The van der Waals surface area contributed by atoms with Crippen LogP contribution in [0.5, 0.6) is 0 Å². The maximum absolute atomic E-state index is 13.8. The smallest absolute Gasteiger partial charge is 0.354 e. The van der Waals surface area contributed by atoms with E-state index in [0.29, 0.717) is 6.41 Å². The molecule has 0 saturated heterocycles. The van der Waals surface area contributed by atoms with Gasteiger partial charge in [0.25, 0.3) is 5.91 Å². The average Bonchev–Trinajstić information content (AvgIpc) is 3.13. The highest BCUT2D eigenvalue weighted by Crippen LogP contribution is 2.40. The Morgan fingerprint density at radius 3 is 2.53 bits per heavy atom. The molecule has 1 aliphatic rings. The molecule has 2 amide bonds. The summed E-state index contributed by atoms with van der Waals surface area (Å²) in [5, 5.41) is 5.13. The molecule has 0 spiro atoms. The summed E-state index contributed by atoms with van der Waals surface area (Å²) in [6.07, 6.45) is -5.40. The number of alkyl halides is 3. The molecular formula is C21H21ClF3N5O2.